The van der Waals surface area contributed by atoms with Gasteiger partial charge >= 0.3 is 26.2 Å². The van der Waals surface area contributed by atoms with E-state index >= 15 is 0 Å². The molecule has 146 valence electrons. The van der Waals surface area contributed by atoms with E-state index in [2.05, 4.69) is 59.9 Å². The van der Waals surface area contributed by atoms with Crippen LogP contribution >= 0.6 is 0 Å². The first kappa shape index (κ1) is 27.8. The van der Waals surface area contributed by atoms with Gasteiger partial charge in [-0.3, -0.25) is 4.99 Å². The number of rotatable bonds is 2. The molecule has 0 spiro atoms. The molecule has 2 nitrogen and oxygen atoms in total. The molecule has 0 aliphatic heterocycles. The monoisotopic (exact) mass is 435 g/mol. The molecule has 1 saturated carbocycles. The number of hydrogen-bond acceptors (Lipinski definition) is 2. The quantitative estimate of drug-likeness (QED) is 0.387. The smallest absolute Gasteiger partial charge is 0.505 e. The molecule has 1 N–H and O–H groups in total. The standard InChI is InChI=1S/C21H33NO.2CH3.Zr/c1-20(2,3)16-12-17(21(4,5)6)19(23)18(13-16)22-14-15-10-8-7-9-11-15;;;/h12-15,23H,7-11H2,1-6H3;2*1H3;/q;2*-1;+2. The molecule has 0 heterocycles. The van der Waals surface area contributed by atoms with E-state index in [9.17, 15) is 5.11 Å². The Labute approximate surface area is 182 Å². The summed E-state index contributed by atoms with van der Waals surface area (Å²) in [6, 6.07) is 4.21. The molecule has 0 unspecified atom stereocenters. The van der Waals surface area contributed by atoms with Crippen molar-refractivity contribution in [3.63, 3.8) is 0 Å². The van der Waals surface area contributed by atoms with E-state index in [1.54, 1.807) is 0 Å². The van der Waals surface area contributed by atoms with Gasteiger partial charge in [-0.25, -0.2) is 0 Å². The van der Waals surface area contributed by atoms with Crippen LogP contribution in [-0.4, -0.2) is 11.3 Å². The van der Waals surface area contributed by atoms with E-state index in [4.69, 9.17) is 4.99 Å². The summed E-state index contributed by atoms with van der Waals surface area (Å²) in [5.41, 5.74) is 2.90. The Morgan fingerprint density at radius 2 is 1.46 bits per heavy atom. The van der Waals surface area contributed by atoms with E-state index in [0.717, 1.165) is 11.3 Å². The van der Waals surface area contributed by atoms with Gasteiger partial charge in [-0.2, -0.15) is 0 Å². The van der Waals surface area contributed by atoms with Crippen molar-refractivity contribution in [2.45, 2.75) is 84.5 Å². The summed E-state index contributed by atoms with van der Waals surface area (Å²) in [5.74, 6) is 0.914. The van der Waals surface area contributed by atoms with Crippen LogP contribution in [0.4, 0.5) is 5.69 Å². The van der Waals surface area contributed by atoms with Gasteiger partial charge in [0.2, 0.25) is 0 Å². The zero-order valence-electron chi connectivity index (χ0n) is 18.2. The minimum atomic E-state index is -0.0968. The van der Waals surface area contributed by atoms with E-state index < -0.39 is 0 Å². The molecular weight excluding hydrogens is 397 g/mol. The van der Waals surface area contributed by atoms with Crippen LogP contribution in [0.25, 0.3) is 0 Å². The molecule has 1 fully saturated rings. The van der Waals surface area contributed by atoms with Gasteiger partial charge in [0.15, 0.2) is 0 Å². The van der Waals surface area contributed by atoms with Gasteiger partial charge in [0.25, 0.3) is 0 Å². The van der Waals surface area contributed by atoms with Crippen molar-refractivity contribution >= 4 is 11.9 Å². The number of aliphatic imine (C=N–C) groups is 1. The predicted molar refractivity (Wildman–Crippen MR) is 113 cm³/mol. The number of aromatic hydroxyl groups is 1. The fourth-order valence-corrected chi connectivity index (χ4v) is 3.19. The average molecular weight is 437 g/mol. The number of phenols is 1. The van der Waals surface area contributed by atoms with E-state index in [1.807, 2.05) is 0 Å². The molecule has 3 heteroatoms. The molecule has 2 rings (SSSR count). The largest absolute Gasteiger partial charge is 2.00 e. The number of benzene rings is 1. The van der Waals surface area contributed by atoms with E-state index in [1.165, 1.54) is 37.7 Å². The molecule has 1 aliphatic rings. The Balaban J connectivity index is 0. The first-order valence-electron chi connectivity index (χ1n) is 9.01. The molecular formula is C23H39NOZr. The maximum atomic E-state index is 10.7. The first-order chi connectivity index (χ1) is 10.6. The molecule has 0 amide bonds. The summed E-state index contributed by atoms with van der Waals surface area (Å²) in [4.78, 5) is 4.70. The fraction of sp³-hybridized carbons (Fsp3) is 0.609. The Kier molecular flexibility index (Phi) is 11.5. The molecule has 1 aromatic carbocycles. The van der Waals surface area contributed by atoms with Crippen molar-refractivity contribution in [1.82, 2.24) is 0 Å². The molecule has 1 aromatic rings. The summed E-state index contributed by atoms with van der Waals surface area (Å²) in [6.07, 6.45) is 8.50. The maximum Gasteiger partial charge on any atom is 2.00 e. The Bertz CT molecular complexity index is 573. The van der Waals surface area contributed by atoms with Crippen LogP contribution in [0.5, 0.6) is 5.75 Å². The zero-order valence-corrected chi connectivity index (χ0v) is 20.7. The third kappa shape index (κ3) is 7.30. The minimum Gasteiger partial charge on any atom is -0.505 e. The summed E-state index contributed by atoms with van der Waals surface area (Å²) in [5, 5.41) is 10.7. The molecule has 1 aliphatic carbocycles. The normalized spacial score (nSPS) is 15.8. The Morgan fingerprint density at radius 3 is 1.92 bits per heavy atom. The van der Waals surface area contributed by atoms with Crippen LogP contribution in [0, 0.1) is 20.8 Å². The van der Waals surface area contributed by atoms with Gasteiger partial charge < -0.3 is 20.0 Å². The SMILES string of the molecule is CC(C)(C)c1cc(N=CC2CCCCC2)c(O)c(C(C)(C)C)c1.[CH3-].[CH3-].[Zr+2]. The van der Waals surface area contributed by atoms with Crippen LogP contribution in [0.15, 0.2) is 17.1 Å². The number of nitrogens with zero attached hydrogens (tertiary/aromatic N) is 1. The van der Waals surface area contributed by atoms with Gasteiger partial charge in [-0.15, -0.1) is 0 Å². The van der Waals surface area contributed by atoms with Gasteiger partial charge in [0.05, 0.1) is 0 Å². The van der Waals surface area contributed by atoms with Crippen molar-refractivity contribution in [1.29, 1.82) is 0 Å². The maximum absolute atomic E-state index is 10.7. The van der Waals surface area contributed by atoms with E-state index in [-0.39, 0.29) is 51.9 Å². The Hall–Kier alpha value is -0.427. The molecule has 0 saturated heterocycles. The third-order valence-corrected chi connectivity index (χ3v) is 4.84. The molecule has 0 aromatic heterocycles. The molecule has 26 heavy (non-hydrogen) atoms. The van der Waals surface area contributed by atoms with E-state index in [0.29, 0.717) is 11.7 Å². The van der Waals surface area contributed by atoms with Crippen molar-refractivity contribution in [2.24, 2.45) is 10.9 Å². The van der Waals surface area contributed by atoms with Crippen LogP contribution in [0.3, 0.4) is 0 Å². The second kappa shape index (κ2) is 10.8. The van der Waals surface area contributed by atoms with Crippen LogP contribution in [0.1, 0.15) is 84.8 Å². The summed E-state index contributed by atoms with van der Waals surface area (Å²) in [7, 11) is 0. The topological polar surface area (TPSA) is 32.6 Å². The fourth-order valence-electron chi connectivity index (χ4n) is 3.19. The number of hydrogen-bond donors (Lipinski definition) is 1. The van der Waals surface area contributed by atoms with Gasteiger partial charge in [-0.1, -0.05) is 66.9 Å². The molecule has 0 bridgehead atoms. The van der Waals surface area contributed by atoms with Crippen molar-refractivity contribution in [2.75, 3.05) is 0 Å². The van der Waals surface area contributed by atoms with Crippen LogP contribution in [-0.2, 0) is 37.0 Å². The minimum absolute atomic E-state index is 0. The predicted octanol–water partition coefficient (Wildman–Crippen LogP) is 7.17. The van der Waals surface area contributed by atoms with Gasteiger partial charge in [0, 0.05) is 11.8 Å². The molecule has 0 atom stereocenters. The first-order valence-corrected chi connectivity index (χ1v) is 9.01. The average Bonchev–Trinajstić information content (AvgIpc) is 2.44. The van der Waals surface area contributed by atoms with Gasteiger partial charge in [-0.05, 0) is 41.2 Å². The van der Waals surface area contributed by atoms with Crippen molar-refractivity contribution in [3.8, 4) is 5.75 Å². The second-order valence-corrected chi connectivity index (χ2v) is 9.07. The summed E-state index contributed by atoms with van der Waals surface area (Å²) in [6.45, 7) is 13.1. The van der Waals surface area contributed by atoms with Crippen molar-refractivity contribution < 1.29 is 31.3 Å². The Morgan fingerprint density at radius 1 is 0.923 bits per heavy atom. The second-order valence-electron chi connectivity index (χ2n) is 9.07. The third-order valence-electron chi connectivity index (χ3n) is 4.84. The summed E-state index contributed by atoms with van der Waals surface area (Å²) < 4.78 is 0. The van der Waals surface area contributed by atoms with Crippen LogP contribution < -0.4 is 0 Å². The van der Waals surface area contributed by atoms with Crippen molar-refractivity contribution in [3.05, 3.63) is 38.1 Å². The van der Waals surface area contributed by atoms with Crippen LogP contribution in [0.2, 0.25) is 0 Å². The summed E-state index contributed by atoms with van der Waals surface area (Å²) >= 11 is 0. The molecule has 0 radical (unpaired) electrons. The van der Waals surface area contributed by atoms with Gasteiger partial charge in [0.1, 0.15) is 11.4 Å². The zero-order chi connectivity index (χ0) is 17.3. The number of phenolic OH excluding ortho intramolecular Hbond substituents is 1.